The number of halogens is 1. The Bertz CT molecular complexity index is 772. The maximum Gasteiger partial charge on any atom is 0.269 e. The Kier molecular flexibility index (Phi) is 5.37. The Labute approximate surface area is 152 Å². The second-order valence-electron chi connectivity index (χ2n) is 6.78. The molecular formula is C19H23FN4O2. The molecule has 1 fully saturated rings. The van der Waals surface area contributed by atoms with Gasteiger partial charge in [-0.05, 0) is 57.3 Å². The van der Waals surface area contributed by atoms with Crippen LogP contribution in [0.5, 0.6) is 0 Å². The monoisotopic (exact) mass is 358 g/mol. The standard InChI is InChI=1S/C19H23FN4O2/c1-22(2)16-9-11-23(12-10-16)19-8-5-15(13-18(19)20)21-14-3-6-17(7-4-14)24(25)26/h3-8,13,16,21H,9-12H2,1-2H3. The third-order valence-electron chi connectivity index (χ3n) is 4.85. The Morgan fingerprint density at radius 2 is 1.73 bits per heavy atom. The normalized spacial score (nSPS) is 15.3. The van der Waals surface area contributed by atoms with E-state index in [1.165, 1.54) is 18.2 Å². The summed E-state index contributed by atoms with van der Waals surface area (Å²) in [7, 11) is 4.17. The molecule has 3 rings (SSSR count). The molecule has 26 heavy (non-hydrogen) atoms. The second kappa shape index (κ2) is 7.70. The predicted octanol–water partition coefficient (Wildman–Crippen LogP) is 4.01. The van der Waals surface area contributed by atoms with Gasteiger partial charge in [-0.3, -0.25) is 10.1 Å². The first-order chi connectivity index (χ1) is 12.4. The van der Waals surface area contributed by atoms with Gasteiger partial charge in [-0.2, -0.15) is 0 Å². The van der Waals surface area contributed by atoms with E-state index in [2.05, 4.69) is 29.2 Å². The molecule has 0 unspecified atom stereocenters. The van der Waals surface area contributed by atoms with E-state index in [9.17, 15) is 14.5 Å². The molecule has 1 heterocycles. The number of nitro groups is 1. The molecule has 2 aromatic carbocycles. The topological polar surface area (TPSA) is 61.6 Å². The summed E-state index contributed by atoms with van der Waals surface area (Å²) < 4.78 is 14.6. The lowest BCUT2D eigenvalue weighted by molar-refractivity contribution is -0.384. The largest absolute Gasteiger partial charge is 0.369 e. The summed E-state index contributed by atoms with van der Waals surface area (Å²) in [4.78, 5) is 14.6. The first-order valence-electron chi connectivity index (χ1n) is 8.66. The van der Waals surface area contributed by atoms with Crippen LogP contribution in [0.1, 0.15) is 12.8 Å². The average Bonchev–Trinajstić information content (AvgIpc) is 2.62. The molecule has 0 radical (unpaired) electrons. The van der Waals surface area contributed by atoms with Gasteiger partial charge in [0, 0.05) is 42.6 Å². The minimum absolute atomic E-state index is 0.0261. The van der Waals surface area contributed by atoms with Gasteiger partial charge in [-0.1, -0.05) is 0 Å². The molecule has 0 aromatic heterocycles. The fraction of sp³-hybridized carbons (Fsp3) is 0.368. The van der Waals surface area contributed by atoms with Crippen molar-refractivity contribution in [3.05, 3.63) is 58.4 Å². The summed E-state index contributed by atoms with van der Waals surface area (Å²) in [5.41, 5.74) is 1.94. The average molecular weight is 358 g/mol. The third-order valence-corrected chi connectivity index (χ3v) is 4.85. The Morgan fingerprint density at radius 1 is 1.12 bits per heavy atom. The van der Waals surface area contributed by atoms with Crippen molar-refractivity contribution in [1.29, 1.82) is 0 Å². The smallest absolute Gasteiger partial charge is 0.269 e. The summed E-state index contributed by atoms with van der Waals surface area (Å²) >= 11 is 0. The van der Waals surface area contributed by atoms with E-state index in [1.807, 2.05) is 6.07 Å². The van der Waals surface area contributed by atoms with Gasteiger partial charge < -0.3 is 15.1 Å². The number of nitro benzene ring substituents is 1. The highest BCUT2D eigenvalue weighted by molar-refractivity contribution is 5.64. The molecule has 0 saturated carbocycles. The molecule has 1 aliphatic rings. The number of nitrogens with zero attached hydrogens (tertiary/aromatic N) is 3. The quantitative estimate of drug-likeness (QED) is 0.646. The van der Waals surface area contributed by atoms with E-state index >= 15 is 0 Å². The SMILES string of the molecule is CN(C)C1CCN(c2ccc(Nc3ccc([N+](=O)[O-])cc3)cc2F)CC1. The van der Waals surface area contributed by atoms with Crippen LogP contribution in [0.2, 0.25) is 0 Å². The highest BCUT2D eigenvalue weighted by Gasteiger charge is 2.22. The number of non-ortho nitro benzene ring substituents is 1. The zero-order valence-electron chi connectivity index (χ0n) is 15.0. The van der Waals surface area contributed by atoms with Gasteiger partial charge in [0.25, 0.3) is 5.69 Å². The van der Waals surface area contributed by atoms with Crippen LogP contribution in [0.25, 0.3) is 0 Å². The van der Waals surface area contributed by atoms with Gasteiger partial charge >= 0.3 is 0 Å². The zero-order chi connectivity index (χ0) is 18.7. The van der Waals surface area contributed by atoms with E-state index in [0.29, 0.717) is 23.1 Å². The number of piperidine rings is 1. The minimum atomic E-state index is -0.447. The van der Waals surface area contributed by atoms with Crippen LogP contribution in [0.3, 0.4) is 0 Å². The molecule has 0 spiro atoms. The fourth-order valence-electron chi connectivity index (χ4n) is 3.30. The fourth-order valence-corrected chi connectivity index (χ4v) is 3.30. The molecule has 7 heteroatoms. The van der Waals surface area contributed by atoms with Crippen molar-refractivity contribution in [2.24, 2.45) is 0 Å². The number of benzene rings is 2. The van der Waals surface area contributed by atoms with Crippen LogP contribution in [0.15, 0.2) is 42.5 Å². The molecule has 138 valence electrons. The lowest BCUT2D eigenvalue weighted by atomic mass is 10.0. The Hall–Kier alpha value is -2.67. The van der Waals surface area contributed by atoms with Crippen molar-refractivity contribution in [2.75, 3.05) is 37.4 Å². The van der Waals surface area contributed by atoms with Crippen LogP contribution in [0, 0.1) is 15.9 Å². The van der Waals surface area contributed by atoms with Gasteiger partial charge in [0.15, 0.2) is 0 Å². The van der Waals surface area contributed by atoms with Crippen LogP contribution in [-0.4, -0.2) is 43.0 Å². The van der Waals surface area contributed by atoms with Gasteiger partial charge in [-0.25, -0.2) is 4.39 Å². The first-order valence-corrected chi connectivity index (χ1v) is 8.66. The molecule has 0 aliphatic carbocycles. The van der Waals surface area contributed by atoms with Crippen LogP contribution in [0.4, 0.5) is 27.1 Å². The lowest BCUT2D eigenvalue weighted by Crippen LogP contribution is -2.42. The predicted molar refractivity (Wildman–Crippen MR) is 102 cm³/mol. The molecule has 0 bridgehead atoms. The van der Waals surface area contributed by atoms with Crippen molar-refractivity contribution >= 4 is 22.7 Å². The Morgan fingerprint density at radius 3 is 2.27 bits per heavy atom. The number of hydrogen-bond acceptors (Lipinski definition) is 5. The van der Waals surface area contributed by atoms with Gasteiger partial charge in [0.2, 0.25) is 0 Å². The number of hydrogen-bond donors (Lipinski definition) is 1. The van der Waals surface area contributed by atoms with Crippen LogP contribution in [-0.2, 0) is 0 Å². The van der Waals surface area contributed by atoms with E-state index in [0.717, 1.165) is 25.9 Å². The summed E-state index contributed by atoms with van der Waals surface area (Å²) in [5.74, 6) is -0.264. The summed E-state index contributed by atoms with van der Waals surface area (Å²) in [6.07, 6.45) is 2.05. The second-order valence-corrected chi connectivity index (χ2v) is 6.78. The molecule has 2 aromatic rings. The van der Waals surface area contributed by atoms with Crippen molar-refractivity contribution < 1.29 is 9.31 Å². The third kappa shape index (κ3) is 4.11. The molecule has 1 saturated heterocycles. The summed E-state index contributed by atoms with van der Waals surface area (Å²) in [5, 5.41) is 13.8. The zero-order valence-corrected chi connectivity index (χ0v) is 15.0. The van der Waals surface area contributed by atoms with Crippen molar-refractivity contribution in [3.63, 3.8) is 0 Å². The highest BCUT2D eigenvalue weighted by atomic mass is 19.1. The highest BCUT2D eigenvalue weighted by Crippen LogP contribution is 2.28. The lowest BCUT2D eigenvalue weighted by Gasteiger charge is -2.36. The molecule has 0 atom stereocenters. The molecule has 1 N–H and O–H groups in total. The number of rotatable bonds is 5. The molecule has 0 amide bonds. The first kappa shape index (κ1) is 18.1. The van der Waals surface area contributed by atoms with E-state index < -0.39 is 4.92 Å². The summed E-state index contributed by atoms with van der Waals surface area (Å²) in [6, 6.07) is 11.7. The summed E-state index contributed by atoms with van der Waals surface area (Å²) in [6.45, 7) is 1.68. The van der Waals surface area contributed by atoms with E-state index in [-0.39, 0.29) is 11.5 Å². The maximum absolute atomic E-state index is 14.6. The molecule has 1 aliphatic heterocycles. The van der Waals surface area contributed by atoms with Crippen LogP contribution >= 0.6 is 0 Å². The van der Waals surface area contributed by atoms with Gasteiger partial charge in [-0.15, -0.1) is 0 Å². The molecular weight excluding hydrogens is 335 g/mol. The minimum Gasteiger partial charge on any atom is -0.369 e. The van der Waals surface area contributed by atoms with Gasteiger partial charge in [0.1, 0.15) is 5.82 Å². The van der Waals surface area contributed by atoms with E-state index in [4.69, 9.17) is 0 Å². The van der Waals surface area contributed by atoms with Crippen molar-refractivity contribution in [3.8, 4) is 0 Å². The van der Waals surface area contributed by atoms with Crippen molar-refractivity contribution in [1.82, 2.24) is 4.90 Å². The van der Waals surface area contributed by atoms with Crippen molar-refractivity contribution in [2.45, 2.75) is 18.9 Å². The van der Waals surface area contributed by atoms with Gasteiger partial charge in [0.05, 0.1) is 10.6 Å². The maximum atomic E-state index is 14.6. The number of anilines is 3. The molecule has 6 nitrogen and oxygen atoms in total. The number of nitrogens with one attached hydrogen (secondary N) is 1. The Balaban J connectivity index is 1.67. The van der Waals surface area contributed by atoms with E-state index in [1.54, 1.807) is 18.2 Å². The van der Waals surface area contributed by atoms with Crippen LogP contribution < -0.4 is 10.2 Å².